The van der Waals surface area contributed by atoms with Gasteiger partial charge in [-0.05, 0) is 82.4 Å². The van der Waals surface area contributed by atoms with E-state index in [0.717, 1.165) is 82.4 Å². The van der Waals surface area contributed by atoms with Gasteiger partial charge in [-0.2, -0.15) is 0 Å². The van der Waals surface area contributed by atoms with Gasteiger partial charge in [-0.3, -0.25) is 0 Å². The van der Waals surface area contributed by atoms with Crippen molar-refractivity contribution in [2.75, 3.05) is 13.2 Å². The Kier molecular flexibility index (Phi) is 39.0. The van der Waals surface area contributed by atoms with E-state index in [1.165, 1.54) is 128 Å². The number of carbonyl (C=O) groups is 2. The Bertz CT molecular complexity index is 1280. The minimum atomic E-state index is -4.82. The van der Waals surface area contributed by atoms with E-state index in [-0.39, 0.29) is 53.9 Å². The zero-order chi connectivity index (χ0) is 40.8. The molecule has 0 fully saturated rings. The second-order valence-electron chi connectivity index (χ2n) is 15.7. The topological polar surface area (TPSA) is 110 Å². The van der Waals surface area contributed by atoms with E-state index in [0.29, 0.717) is 12.8 Å². The summed E-state index contributed by atoms with van der Waals surface area (Å²) in [6.45, 7) is 4.87. The van der Waals surface area contributed by atoms with Crippen molar-refractivity contribution in [3.05, 3.63) is 53.6 Å². The van der Waals surface area contributed by atoms with Gasteiger partial charge in [0.05, 0.1) is 29.2 Å². The van der Waals surface area contributed by atoms with E-state index in [4.69, 9.17) is 9.47 Å². The third kappa shape index (κ3) is 33.0. The van der Waals surface area contributed by atoms with Gasteiger partial charge in [0.1, 0.15) is 10.1 Å². The fourth-order valence-corrected chi connectivity index (χ4v) is 7.41. The number of rotatable bonds is 39. The molecule has 1 aromatic rings. The molecule has 0 amide bonds. The molecule has 0 bridgehead atoms. The number of esters is 2. The molecule has 322 valence electrons. The fraction of sp³-hybridized carbons (Fsp3) is 0.750. The van der Waals surface area contributed by atoms with Crippen LogP contribution in [0.3, 0.4) is 0 Å². The quantitative estimate of drug-likeness (QED) is 0.0214. The van der Waals surface area contributed by atoms with Crippen LogP contribution in [0.15, 0.2) is 47.4 Å². The molecule has 9 heteroatoms. The summed E-state index contributed by atoms with van der Waals surface area (Å²) in [6, 6.07) is 3.13. The molecule has 0 saturated heterocycles. The van der Waals surface area contributed by atoms with Gasteiger partial charge in [0, 0.05) is 0 Å². The summed E-state index contributed by atoms with van der Waals surface area (Å²) in [5.41, 5.74) is -0.352. The molecule has 1 rings (SSSR count). The molecule has 7 nitrogen and oxygen atoms in total. The maximum Gasteiger partial charge on any atom is 1.00 e. The van der Waals surface area contributed by atoms with E-state index in [2.05, 4.69) is 38.2 Å². The van der Waals surface area contributed by atoms with Crippen LogP contribution in [0.2, 0.25) is 0 Å². The van der Waals surface area contributed by atoms with Crippen molar-refractivity contribution in [2.45, 2.75) is 224 Å². The summed E-state index contributed by atoms with van der Waals surface area (Å²) < 4.78 is 45.8. The summed E-state index contributed by atoms with van der Waals surface area (Å²) in [5.74, 6) is -1.56. The maximum absolute atomic E-state index is 12.9. The first-order valence-electron chi connectivity index (χ1n) is 23.0. The molecule has 0 heterocycles. The SMILES string of the molecule is CCCCCCCCCCC/C=C/CCCCCCCOC(=O)c1ccc(S(=O)(=O)[O-])cc1C(=O)OCCCCCCC/C=C/CCCCCCCCCCC.[Na+]. The average molecular weight is 825 g/mol. The largest absolute Gasteiger partial charge is 1.00 e. The molecule has 0 aromatic heterocycles. The standard InChI is InChI=1S/C48H82O7S.Na/c1-3-5-7-9-11-13-15-17-19-21-23-25-27-29-31-33-35-37-41-54-47(49)45-40-39-44(56(51,52)53)43-46(45)48(50)55-42-38-36-34-32-30-28-26-24-22-20-18-16-14-12-10-8-6-4-2;/h23-26,39-40,43H,3-22,27-38,41-42H2,1-2H3,(H,51,52,53);/q;+1/p-1/b25-23+,26-24+;. The number of allylic oxidation sites excluding steroid dienone is 4. The van der Waals surface area contributed by atoms with Crippen molar-refractivity contribution < 1.29 is 61.6 Å². The van der Waals surface area contributed by atoms with E-state index in [9.17, 15) is 22.6 Å². The van der Waals surface area contributed by atoms with E-state index >= 15 is 0 Å². The van der Waals surface area contributed by atoms with Crippen molar-refractivity contribution in [2.24, 2.45) is 0 Å². The molecule has 0 atom stereocenters. The molecule has 0 aliphatic rings. The number of hydrogen-bond donors (Lipinski definition) is 0. The summed E-state index contributed by atoms with van der Waals surface area (Å²) in [6.07, 6.45) is 47.9. The Morgan fingerprint density at radius 2 is 0.772 bits per heavy atom. The third-order valence-electron chi connectivity index (χ3n) is 10.5. The number of carbonyl (C=O) groups excluding carboxylic acids is 2. The van der Waals surface area contributed by atoms with Crippen molar-refractivity contribution in [3.8, 4) is 0 Å². The van der Waals surface area contributed by atoms with E-state index in [1.54, 1.807) is 0 Å². The first-order chi connectivity index (χ1) is 27.3. The van der Waals surface area contributed by atoms with Gasteiger partial charge in [0.25, 0.3) is 0 Å². The van der Waals surface area contributed by atoms with Crippen molar-refractivity contribution in [1.29, 1.82) is 0 Å². The zero-order valence-electron chi connectivity index (χ0n) is 36.8. The minimum absolute atomic E-state index is 0. The van der Waals surface area contributed by atoms with E-state index in [1.807, 2.05) is 0 Å². The first kappa shape index (κ1) is 55.5. The van der Waals surface area contributed by atoms with Crippen LogP contribution >= 0.6 is 0 Å². The molecule has 57 heavy (non-hydrogen) atoms. The van der Waals surface area contributed by atoms with Crippen molar-refractivity contribution >= 4 is 22.1 Å². The van der Waals surface area contributed by atoms with Crippen LogP contribution in [0.5, 0.6) is 0 Å². The average Bonchev–Trinajstić information content (AvgIpc) is 3.18. The van der Waals surface area contributed by atoms with Gasteiger partial charge in [0.2, 0.25) is 0 Å². The van der Waals surface area contributed by atoms with Crippen LogP contribution in [0.25, 0.3) is 0 Å². The molecule has 0 aliphatic carbocycles. The molecular formula is C48H81NaO7S. The summed E-state index contributed by atoms with van der Waals surface area (Å²) >= 11 is 0. The number of hydrogen-bond acceptors (Lipinski definition) is 7. The van der Waals surface area contributed by atoms with Gasteiger partial charge in [-0.15, -0.1) is 0 Å². The van der Waals surface area contributed by atoms with Gasteiger partial charge in [-0.1, -0.05) is 179 Å². The van der Waals surface area contributed by atoms with Gasteiger partial charge in [0.15, 0.2) is 0 Å². The Hall–Kier alpha value is -1.45. The Labute approximate surface area is 372 Å². The maximum atomic E-state index is 12.9. The third-order valence-corrected chi connectivity index (χ3v) is 11.3. The molecule has 0 aliphatic heterocycles. The van der Waals surface area contributed by atoms with Crippen LogP contribution in [-0.4, -0.2) is 38.1 Å². The first-order valence-corrected chi connectivity index (χ1v) is 24.5. The summed E-state index contributed by atoms with van der Waals surface area (Å²) in [7, 11) is -4.82. The summed E-state index contributed by atoms with van der Waals surface area (Å²) in [5, 5.41) is 0. The van der Waals surface area contributed by atoms with Crippen molar-refractivity contribution in [1.82, 2.24) is 0 Å². The van der Waals surface area contributed by atoms with Crippen LogP contribution < -0.4 is 29.6 Å². The monoisotopic (exact) mass is 825 g/mol. The number of benzene rings is 1. The molecular weight excluding hydrogens is 744 g/mol. The minimum Gasteiger partial charge on any atom is -0.744 e. The Morgan fingerprint density at radius 3 is 1.11 bits per heavy atom. The number of unbranched alkanes of at least 4 members (excludes halogenated alkanes) is 28. The van der Waals surface area contributed by atoms with Crippen LogP contribution in [0, 0.1) is 0 Å². The summed E-state index contributed by atoms with van der Waals surface area (Å²) in [4.78, 5) is 25.3. The number of ether oxygens (including phenoxy) is 2. The van der Waals surface area contributed by atoms with Crippen LogP contribution in [-0.2, 0) is 19.6 Å². The molecule has 0 spiro atoms. The van der Waals surface area contributed by atoms with Gasteiger partial charge in [-0.25, -0.2) is 18.0 Å². The molecule has 1 aromatic carbocycles. The predicted octanol–water partition coefficient (Wildman–Crippen LogP) is 11.5. The molecule has 0 radical (unpaired) electrons. The second kappa shape index (κ2) is 40.0. The van der Waals surface area contributed by atoms with E-state index < -0.39 is 27.0 Å². The predicted molar refractivity (Wildman–Crippen MR) is 232 cm³/mol. The zero-order valence-corrected chi connectivity index (χ0v) is 39.7. The molecule has 0 saturated carbocycles. The van der Waals surface area contributed by atoms with Gasteiger partial charge < -0.3 is 14.0 Å². The van der Waals surface area contributed by atoms with Crippen LogP contribution in [0.4, 0.5) is 0 Å². The van der Waals surface area contributed by atoms with Crippen molar-refractivity contribution in [3.63, 3.8) is 0 Å². The molecule has 0 unspecified atom stereocenters. The normalized spacial score (nSPS) is 11.7. The smallest absolute Gasteiger partial charge is 0.744 e. The molecule has 0 N–H and O–H groups in total. The Balaban J connectivity index is 0.0000314. The Morgan fingerprint density at radius 1 is 0.474 bits per heavy atom. The van der Waals surface area contributed by atoms with Gasteiger partial charge >= 0.3 is 41.5 Å². The van der Waals surface area contributed by atoms with Crippen LogP contribution in [0.1, 0.15) is 240 Å². The second-order valence-corrected chi connectivity index (χ2v) is 17.1. The fourth-order valence-electron chi connectivity index (χ4n) is 6.92.